The Kier molecular flexibility index (Phi) is 3.36. The molecule has 1 aliphatic rings. The van der Waals surface area contributed by atoms with E-state index in [-0.39, 0.29) is 11.8 Å². The van der Waals surface area contributed by atoms with Crippen LogP contribution in [0.25, 0.3) is 0 Å². The lowest BCUT2D eigenvalue weighted by atomic mass is 9.91. The highest BCUT2D eigenvalue weighted by Crippen LogP contribution is 2.31. The minimum absolute atomic E-state index is 0.178. The summed E-state index contributed by atoms with van der Waals surface area (Å²) in [5, 5.41) is 0. The number of carbonyl (C=O) groups is 2. The Morgan fingerprint density at radius 1 is 1.50 bits per heavy atom. The van der Waals surface area contributed by atoms with Gasteiger partial charge in [-0.3, -0.25) is 9.59 Å². The Morgan fingerprint density at radius 2 is 2.22 bits per heavy atom. The summed E-state index contributed by atoms with van der Waals surface area (Å²) in [4.78, 5) is 24.9. The third-order valence-electron chi connectivity index (χ3n) is 3.68. The molecule has 1 aromatic rings. The van der Waals surface area contributed by atoms with Gasteiger partial charge < -0.3 is 10.6 Å². The van der Waals surface area contributed by atoms with Crippen molar-refractivity contribution in [1.82, 2.24) is 4.90 Å². The molecule has 96 valence electrons. The average molecular weight is 246 g/mol. The van der Waals surface area contributed by atoms with Crippen LogP contribution in [0.4, 0.5) is 0 Å². The van der Waals surface area contributed by atoms with E-state index >= 15 is 0 Å². The highest BCUT2D eigenvalue weighted by Gasteiger charge is 2.30. The Balaban J connectivity index is 2.33. The first-order valence-corrected chi connectivity index (χ1v) is 6.21. The van der Waals surface area contributed by atoms with Crippen molar-refractivity contribution in [1.29, 1.82) is 0 Å². The first-order valence-electron chi connectivity index (χ1n) is 6.21. The molecule has 0 unspecified atom stereocenters. The van der Waals surface area contributed by atoms with E-state index in [2.05, 4.69) is 0 Å². The summed E-state index contributed by atoms with van der Waals surface area (Å²) >= 11 is 0. The maximum Gasteiger partial charge on any atom is 0.248 e. The van der Waals surface area contributed by atoms with Crippen LogP contribution in [0.5, 0.6) is 0 Å². The fourth-order valence-electron chi connectivity index (χ4n) is 2.65. The zero-order chi connectivity index (χ0) is 13.3. The van der Waals surface area contributed by atoms with Gasteiger partial charge in [0.1, 0.15) is 0 Å². The lowest BCUT2D eigenvalue weighted by molar-refractivity contribution is -0.127. The van der Waals surface area contributed by atoms with E-state index in [4.69, 9.17) is 5.73 Å². The normalized spacial score (nSPS) is 19.3. The standard InChI is InChI=1S/C14H18N2O2/c1-3-16-8-10(7-13(16)17)11-5-4-6-12(9(11)2)14(15)18/h4-6,10H,3,7-8H2,1-2H3,(H2,15,18)/t10-/m1/s1. The number of amides is 2. The van der Waals surface area contributed by atoms with Gasteiger partial charge in [-0.1, -0.05) is 12.1 Å². The molecule has 1 heterocycles. The highest BCUT2D eigenvalue weighted by molar-refractivity contribution is 5.94. The number of primary amides is 1. The molecule has 2 N–H and O–H groups in total. The molecule has 1 fully saturated rings. The molecule has 0 bridgehead atoms. The molecular formula is C14H18N2O2. The van der Waals surface area contributed by atoms with Gasteiger partial charge in [-0.2, -0.15) is 0 Å². The van der Waals surface area contributed by atoms with E-state index in [9.17, 15) is 9.59 Å². The zero-order valence-electron chi connectivity index (χ0n) is 10.8. The lowest BCUT2D eigenvalue weighted by Gasteiger charge is -2.16. The Hall–Kier alpha value is -1.84. The van der Waals surface area contributed by atoms with Crippen LogP contribution in [0.2, 0.25) is 0 Å². The molecule has 1 aromatic carbocycles. The molecule has 0 radical (unpaired) electrons. The van der Waals surface area contributed by atoms with Crippen molar-refractivity contribution in [2.45, 2.75) is 26.2 Å². The SMILES string of the molecule is CCN1C[C@H](c2cccc(C(N)=O)c2C)CC1=O. The Morgan fingerprint density at radius 3 is 2.78 bits per heavy atom. The molecule has 2 amide bonds. The Bertz CT molecular complexity index is 497. The molecule has 0 aromatic heterocycles. The van der Waals surface area contributed by atoms with Gasteiger partial charge in [-0.15, -0.1) is 0 Å². The van der Waals surface area contributed by atoms with Gasteiger partial charge >= 0.3 is 0 Å². The zero-order valence-corrected chi connectivity index (χ0v) is 10.8. The van der Waals surface area contributed by atoms with E-state index in [1.54, 1.807) is 6.07 Å². The highest BCUT2D eigenvalue weighted by atomic mass is 16.2. The van der Waals surface area contributed by atoms with Gasteiger partial charge in [0.15, 0.2) is 0 Å². The topological polar surface area (TPSA) is 63.4 Å². The second kappa shape index (κ2) is 4.80. The molecule has 0 spiro atoms. The number of rotatable bonds is 3. The molecule has 1 saturated heterocycles. The first-order chi connectivity index (χ1) is 8.54. The number of nitrogens with zero attached hydrogens (tertiary/aromatic N) is 1. The summed E-state index contributed by atoms with van der Waals surface area (Å²) in [6, 6.07) is 5.55. The van der Waals surface area contributed by atoms with E-state index in [0.29, 0.717) is 12.0 Å². The molecule has 18 heavy (non-hydrogen) atoms. The van der Waals surface area contributed by atoms with Gasteiger partial charge in [0.25, 0.3) is 0 Å². The van der Waals surface area contributed by atoms with E-state index < -0.39 is 5.91 Å². The predicted molar refractivity (Wildman–Crippen MR) is 69.3 cm³/mol. The minimum Gasteiger partial charge on any atom is -0.366 e. The largest absolute Gasteiger partial charge is 0.366 e. The molecule has 0 aliphatic carbocycles. The first kappa shape index (κ1) is 12.6. The summed E-state index contributed by atoms with van der Waals surface area (Å²) in [7, 11) is 0. The van der Waals surface area contributed by atoms with Crippen LogP contribution in [0.15, 0.2) is 18.2 Å². The third kappa shape index (κ3) is 2.10. The third-order valence-corrected chi connectivity index (χ3v) is 3.68. The van der Waals surface area contributed by atoms with Crippen LogP contribution in [-0.4, -0.2) is 29.8 Å². The number of benzene rings is 1. The second-order valence-corrected chi connectivity index (χ2v) is 4.72. The number of likely N-dealkylation sites (tertiary alicyclic amines) is 1. The molecule has 2 rings (SSSR count). The van der Waals surface area contributed by atoms with Crippen LogP contribution in [0.3, 0.4) is 0 Å². The molecule has 4 heteroatoms. The number of hydrogen-bond donors (Lipinski definition) is 1. The van der Waals surface area contributed by atoms with Crippen molar-refractivity contribution in [3.63, 3.8) is 0 Å². The molecule has 1 aliphatic heterocycles. The molecule has 4 nitrogen and oxygen atoms in total. The van der Waals surface area contributed by atoms with Crippen LogP contribution in [0.1, 0.15) is 40.7 Å². The molecular weight excluding hydrogens is 228 g/mol. The average Bonchev–Trinajstić information content (AvgIpc) is 2.70. The number of carbonyl (C=O) groups excluding carboxylic acids is 2. The van der Waals surface area contributed by atoms with E-state index in [1.165, 1.54) is 0 Å². The number of likely N-dealkylation sites (N-methyl/N-ethyl adjacent to an activating group) is 1. The van der Waals surface area contributed by atoms with Gasteiger partial charge in [0.2, 0.25) is 11.8 Å². The lowest BCUT2D eigenvalue weighted by Crippen LogP contribution is -2.24. The maximum absolute atomic E-state index is 11.8. The minimum atomic E-state index is -0.411. The fourth-order valence-corrected chi connectivity index (χ4v) is 2.65. The van der Waals surface area contributed by atoms with Crippen molar-refractivity contribution in [3.05, 3.63) is 34.9 Å². The van der Waals surface area contributed by atoms with Gasteiger partial charge in [0, 0.05) is 31.0 Å². The van der Waals surface area contributed by atoms with E-state index in [1.807, 2.05) is 30.9 Å². The van der Waals surface area contributed by atoms with E-state index in [0.717, 1.165) is 24.2 Å². The van der Waals surface area contributed by atoms with Gasteiger partial charge in [-0.25, -0.2) is 0 Å². The maximum atomic E-state index is 11.8. The smallest absolute Gasteiger partial charge is 0.248 e. The monoisotopic (exact) mass is 246 g/mol. The van der Waals surface area contributed by atoms with Gasteiger partial charge in [-0.05, 0) is 31.0 Å². The summed E-state index contributed by atoms with van der Waals surface area (Å²) < 4.78 is 0. The van der Waals surface area contributed by atoms with Crippen LogP contribution in [0, 0.1) is 6.92 Å². The number of hydrogen-bond acceptors (Lipinski definition) is 2. The number of nitrogens with two attached hydrogens (primary N) is 1. The van der Waals surface area contributed by atoms with Crippen LogP contribution >= 0.6 is 0 Å². The summed E-state index contributed by atoms with van der Waals surface area (Å²) in [6.45, 7) is 5.35. The fraction of sp³-hybridized carbons (Fsp3) is 0.429. The second-order valence-electron chi connectivity index (χ2n) is 4.72. The van der Waals surface area contributed by atoms with Crippen LogP contribution < -0.4 is 5.73 Å². The molecule has 1 atom stereocenters. The summed E-state index contributed by atoms with van der Waals surface area (Å²) in [5.74, 6) is -0.0471. The Labute approximate surface area is 107 Å². The van der Waals surface area contributed by atoms with Crippen molar-refractivity contribution in [2.24, 2.45) is 5.73 Å². The van der Waals surface area contributed by atoms with Crippen LogP contribution in [-0.2, 0) is 4.79 Å². The van der Waals surface area contributed by atoms with Crippen molar-refractivity contribution in [3.8, 4) is 0 Å². The quantitative estimate of drug-likeness (QED) is 0.877. The summed E-state index contributed by atoms with van der Waals surface area (Å²) in [5.41, 5.74) is 7.87. The van der Waals surface area contributed by atoms with Crippen molar-refractivity contribution in [2.75, 3.05) is 13.1 Å². The summed E-state index contributed by atoms with van der Waals surface area (Å²) in [6.07, 6.45) is 0.525. The van der Waals surface area contributed by atoms with Crippen molar-refractivity contribution >= 4 is 11.8 Å². The van der Waals surface area contributed by atoms with Crippen molar-refractivity contribution < 1.29 is 9.59 Å². The molecule has 0 saturated carbocycles. The predicted octanol–water partition coefficient (Wildman–Crippen LogP) is 1.43. The van der Waals surface area contributed by atoms with Gasteiger partial charge in [0.05, 0.1) is 0 Å².